The fraction of sp³-hybridized carbons (Fsp3) is 0.632. The summed E-state index contributed by atoms with van der Waals surface area (Å²) in [5.41, 5.74) is 2.44. The van der Waals surface area contributed by atoms with Crippen molar-refractivity contribution in [1.82, 2.24) is 14.7 Å². The molecule has 2 aliphatic heterocycles. The Bertz CT molecular complexity index is 557. The van der Waals surface area contributed by atoms with Crippen molar-refractivity contribution >= 4 is 11.6 Å². The average Bonchev–Trinajstić information content (AvgIpc) is 2.59. The first kappa shape index (κ1) is 17.2. The molecule has 1 aromatic carbocycles. The summed E-state index contributed by atoms with van der Waals surface area (Å²) < 4.78 is 0. The van der Waals surface area contributed by atoms with Crippen LogP contribution < -0.4 is 4.90 Å². The van der Waals surface area contributed by atoms with Gasteiger partial charge in [0.1, 0.15) is 0 Å². The highest BCUT2D eigenvalue weighted by Gasteiger charge is 2.32. The number of hydrogen-bond acceptors (Lipinski definition) is 4. The van der Waals surface area contributed by atoms with Gasteiger partial charge in [-0.05, 0) is 31.2 Å². The quantitative estimate of drug-likeness (QED) is 0.828. The van der Waals surface area contributed by atoms with E-state index < -0.39 is 0 Å². The summed E-state index contributed by atoms with van der Waals surface area (Å²) in [7, 11) is 6.26. The second-order valence-corrected chi connectivity index (χ2v) is 7.35. The van der Waals surface area contributed by atoms with E-state index in [4.69, 9.17) is 0 Å². The van der Waals surface area contributed by atoms with Gasteiger partial charge in [0.2, 0.25) is 5.91 Å². The molecule has 0 aromatic heterocycles. The number of hydrogen-bond donors (Lipinski definition) is 0. The normalized spacial score (nSPS) is 22.3. The van der Waals surface area contributed by atoms with Crippen molar-refractivity contribution in [3.05, 3.63) is 29.8 Å². The fourth-order valence-corrected chi connectivity index (χ4v) is 3.71. The van der Waals surface area contributed by atoms with E-state index in [0.29, 0.717) is 18.4 Å². The smallest absolute Gasteiger partial charge is 0.222 e. The number of piperazine rings is 2. The van der Waals surface area contributed by atoms with Gasteiger partial charge in [0.15, 0.2) is 0 Å². The first-order chi connectivity index (χ1) is 11.5. The maximum atomic E-state index is 12.6. The summed E-state index contributed by atoms with van der Waals surface area (Å²) in [5.74, 6) is 0.305. The Morgan fingerprint density at radius 2 is 1.79 bits per heavy atom. The van der Waals surface area contributed by atoms with Crippen LogP contribution in [0.3, 0.4) is 0 Å². The minimum absolute atomic E-state index is 0.305. The first-order valence-corrected chi connectivity index (χ1v) is 8.99. The van der Waals surface area contributed by atoms with Crippen LogP contribution in [0.4, 0.5) is 5.69 Å². The number of anilines is 1. The monoisotopic (exact) mass is 330 g/mol. The Morgan fingerprint density at radius 3 is 2.50 bits per heavy atom. The van der Waals surface area contributed by atoms with E-state index in [2.05, 4.69) is 50.9 Å². The third kappa shape index (κ3) is 4.08. The Kier molecular flexibility index (Phi) is 5.41. The summed E-state index contributed by atoms with van der Waals surface area (Å²) in [6, 6.07) is 9.03. The molecule has 0 spiro atoms. The van der Waals surface area contributed by atoms with Crippen LogP contribution >= 0.6 is 0 Å². The molecule has 2 aliphatic rings. The van der Waals surface area contributed by atoms with E-state index in [-0.39, 0.29) is 0 Å². The molecule has 2 fully saturated rings. The minimum atomic E-state index is 0.305. The molecular formula is C19H30N4O. The molecule has 1 amide bonds. The van der Waals surface area contributed by atoms with Crippen LogP contribution in [0.1, 0.15) is 12.0 Å². The number of rotatable bonds is 4. The number of carbonyl (C=O) groups excluding carboxylic acids is 1. The van der Waals surface area contributed by atoms with Crippen LogP contribution in [0.5, 0.6) is 0 Å². The summed E-state index contributed by atoms with van der Waals surface area (Å²) >= 11 is 0. The molecule has 5 heteroatoms. The van der Waals surface area contributed by atoms with Gasteiger partial charge >= 0.3 is 0 Å². The molecule has 5 nitrogen and oxygen atoms in total. The van der Waals surface area contributed by atoms with E-state index >= 15 is 0 Å². The lowest BCUT2D eigenvalue weighted by Crippen LogP contribution is -2.62. The lowest BCUT2D eigenvalue weighted by atomic mass is 10.1. The number of likely N-dealkylation sites (N-methyl/N-ethyl adjacent to an activating group) is 1. The van der Waals surface area contributed by atoms with E-state index in [9.17, 15) is 4.79 Å². The van der Waals surface area contributed by atoms with Crippen molar-refractivity contribution in [2.45, 2.75) is 18.9 Å². The zero-order valence-corrected chi connectivity index (χ0v) is 15.2. The van der Waals surface area contributed by atoms with Gasteiger partial charge in [0.05, 0.1) is 0 Å². The molecule has 2 heterocycles. The van der Waals surface area contributed by atoms with Crippen molar-refractivity contribution in [1.29, 1.82) is 0 Å². The Labute approximate surface area is 145 Å². The largest absolute Gasteiger partial charge is 0.378 e. The zero-order valence-electron chi connectivity index (χ0n) is 15.2. The predicted molar refractivity (Wildman–Crippen MR) is 98.5 cm³/mol. The zero-order chi connectivity index (χ0) is 17.1. The van der Waals surface area contributed by atoms with Gasteiger partial charge in [-0.25, -0.2) is 0 Å². The average molecular weight is 330 g/mol. The molecule has 2 saturated heterocycles. The molecule has 0 aliphatic carbocycles. The molecule has 1 aromatic rings. The Morgan fingerprint density at radius 1 is 1.08 bits per heavy atom. The third-order valence-electron chi connectivity index (χ3n) is 5.33. The lowest BCUT2D eigenvalue weighted by molar-refractivity contribution is -0.135. The predicted octanol–water partition coefficient (Wildman–Crippen LogP) is 1.14. The Hall–Kier alpha value is -1.59. The summed E-state index contributed by atoms with van der Waals surface area (Å²) in [6.45, 7) is 6.17. The topological polar surface area (TPSA) is 30.0 Å². The second-order valence-electron chi connectivity index (χ2n) is 7.35. The molecule has 0 saturated carbocycles. The van der Waals surface area contributed by atoms with Gasteiger partial charge in [0, 0.05) is 71.5 Å². The molecule has 0 N–H and O–H groups in total. The van der Waals surface area contributed by atoms with Crippen LogP contribution in [-0.4, -0.2) is 87.1 Å². The Balaban J connectivity index is 1.50. The molecular weight excluding hydrogens is 300 g/mol. The molecule has 1 atom stereocenters. The van der Waals surface area contributed by atoms with Gasteiger partial charge in [0.25, 0.3) is 0 Å². The van der Waals surface area contributed by atoms with Gasteiger partial charge in [-0.2, -0.15) is 0 Å². The van der Waals surface area contributed by atoms with Crippen molar-refractivity contribution in [3.63, 3.8) is 0 Å². The van der Waals surface area contributed by atoms with Crippen LogP contribution in [0, 0.1) is 0 Å². The number of carbonyl (C=O) groups is 1. The van der Waals surface area contributed by atoms with Crippen LogP contribution in [-0.2, 0) is 11.2 Å². The molecule has 3 rings (SSSR count). The van der Waals surface area contributed by atoms with Gasteiger partial charge in [-0.1, -0.05) is 12.1 Å². The van der Waals surface area contributed by atoms with Gasteiger partial charge in [-0.15, -0.1) is 0 Å². The number of amides is 1. The minimum Gasteiger partial charge on any atom is -0.378 e. The highest BCUT2D eigenvalue weighted by molar-refractivity contribution is 5.76. The van der Waals surface area contributed by atoms with Crippen molar-refractivity contribution in [2.24, 2.45) is 0 Å². The van der Waals surface area contributed by atoms with Crippen molar-refractivity contribution in [2.75, 3.05) is 65.3 Å². The summed E-state index contributed by atoms with van der Waals surface area (Å²) in [5, 5.41) is 0. The second kappa shape index (κ2) is 7.53. The maximum Gasteiger partial charge on any atom is 0.222 e. The van der Waals surface area contributed by atoms with E-state index in [1.807, 2.05) is 14.1 Å². The maximum absolute atomic E-state index is 12.6. The summed E-state index contributed by atoms with van der Waals surface area (Å²) in [6.07, 6.45) is 1.45. The fourth-order valence-electron chi connectivity index (χ4n) is 3.71. The lowest BCUT2D eigenvalue weighted by Gasteiger charge is -2.46. The number of fused-ring (bicyclic) bond motifs is 1. The molecule has 0 bridgehead atoms. The molecule has 0 radical (unpaired) electrons. The number of nitrogens with zero attached hydrogens (tertiary/aromatic N) is 4. The van der Waals surface area contributed by atoms with E-state index in [0.717, 1.165) is 45.7 Å². The van der Waals surface area contributed by atoms with Crippen LogP contribution in [0.25, 0.3) is 0 Å². The van der Waals surface area contributed by atoms with Gasteiger partial charge in [-0.3, -0.25) is 9.69 Å². The SMILES string of the molecule is CN1CCN2CCN(C(=O)CCc3ccc(N(C)C)cc3)CC2C1. The van der Waals surface area contributed by atoms with Crippen LogP contribution in [0.15, 0.2) is 24.3 Å². The van der Waals surface area contributed by atoms with Crippen molar-refractivity contribution < 1.29 is 4.79 Å². The number of benzene rings is 1. The standard InChI is InChI=1S/C19H30N4O/c1-20(2)17-7-4-16(5-8-17)6-9-19(24)23-13-12-22-11-10-21(3)14-18(22)15-23/h4-5,7-8,18H,6,9-15H2,1-3H3. The van der Waals surface area contributed by atoms with Crippen LogP contribution in [0.2, 0.25) is 0 Å². The third-order valence-corrected chi connectivity index (χ3v) is 5.33. The highest BCUT2D eigenvalue weighted by Crippen LogP contribution is 2.17. The van der Waals surface area contributed by atoms with Gasteiger partial charge < -0.3 is 14.7 Å². The number of aryl methyl sites for hydroxylation is 1. The highest BCUT2D eigenvalue weighted by atomic mass is 16.2. The molecule has 1 unspecified atom stereocenters. The summed E-state index contributed by atoms with van der Waals surface area (Å²) in [4.78, 5) is 21.7. The van der Waals surface area contributed by atoms with Crippen molar-refractivity contribution in [3.8, 4) is 0 Å². The molecule has 24 heavy (non-hydrogen) atoms. The molecule has 132 valence electrons. The van der Waals surface area contributed by atoms with E-state index in [1.165, 1.54) is 11.3 Å². The van der Waals surface area contributed by atoms with E-state index in [1.54, 1.807) is 0 Å². The first-order valence-electron chi connectivity index (χ1n) is 8.99.